The van der Waals surface area contributed by atoms with Crippen molar-refractivity contribution in [3.05, 3.63) is 34.9 Å². The Morgan fingerprint density at radius 3 is 2.40 bits per heavy atom. The zero-order valence-corrected chi connectivity index (χ0v) is 10.4. The Labute approximate surface area is 97.1 Å². The predicted octanol–water partition coefficient (Wildman–Crippen LogP) is 3.68. The third kappa shape index (κ3) is 2.96. The minimum atomic E-state index is -0.648. The fourth-order valence-corrected chi connectivity index (χ4v) is 1.91. The van der Waals surface area contributed by atoms with Crippen molar-refractivity contribution < 1.29 is 5.11 Å². The fourth-order valence-electron chi connectivity index (χ4n) is 1.71. The van der Waals surface area contributed by atoms with Gasteiger partial charge >= 0.3 is 0 Å². The molecule has 2 heteroatoms. The zero-order valence-electron chi connectivity index (χ0n) is 9.63. The summed E-state index contributed by atoms with van der Waals surface area (Å²) >= 11 is 6.08. The van der Waals surface area contributed by atoms with E-state index in [0.29, 0.717) is 6.42 Å². The highest BCUT2D eigenvalue weighted by Crippen LogP contribution is 2.28. The molecule has 1 aromatic rings. The molecule has 1 atom stereocenters. The van der Waals surface area contributed by atoms with Gasteiger partial charge < -0.3 is 5.11 Å². The van der Waals surface area contributed by atoms with Crippen LogP contribution in [0.3, 0.4) is 0 Å². The first-order valence-electron chi connectivity index (χ1n) is 5.45. The second-order valence-electron chi connectivity index (χ2n) is 4.38. The third-order valence-electron chi connectivity index (χ3n) is 3.14. The van der Waals surface area contributed by atoms with Gasteiger partial charge in [-0.25, -0.2) is 0 Å². The van der Waals surface area contributed by atoms with E-state index in [-0.39, 0.29) is 5.92 Å². The van der Waals surface area contributed by atoms with Crippen molar-refractivity contribution in [3.63, 3.8) is 0 Å². The van der Waals surface area contributed by atoms with Crippen molar-refractivity contribution in [2.75, 3.05) is 0 Å². The lowest BCUT2D eigenvalue weighted by molar-refractivity contribution is -0.00827. The summed E-state index contributed by atoms with van der Waals surface area (Å²) in [7, 11) is 0. The van der Waals surface area contributed by atoms with Crippen molar-refractivity contribution in [2.24, 2.45) is 5.92 Å². The summed E-state index contributed by atoms with van der Waals surface area (Å²) in [5.41, 5.74) is 0.377. The molecule has 0 heterocycles. The van der Waals surface area contributed by atoms with Gasteiger partial charge in [0.25, 0.3) is 0 Å². The van der Waals surface area contributed by atoms with Crippen molar-refractivity contribution in [3.8, 4) is 0 Å². The maximum atomic E-state index is 10.4. The van der Waals surface area contributed by atoms with Crippen LogP contribution in [0.25, 0.3) is 0 Å². The van der Waals surface area contributed by atoms with E-state index >= 15 is 0 Å². The van der Waals surface area contributed by atoms with Crippen LogP contribution in [-0.2, 0) is 6.42 Å². The number of halogens is 1. The highest BCUT2D eigenvalue weighted by Gasteiger charge is 2.29. The molecule has 0 aliphatic carbocycles. The molecule has 0 aliphatic heterocycles. The second kappa shape index (κ2) is 5.00. The largest absolute Gasteiger partial charge is 0.389 e. The fraction of sp³-hybridized carbons (Fsp3) is 0.538. The lowest BCUT2D eigenvalue weighted by Gasteiger charge is -2.31. The SMILES string of the molecule is CCC(O)(Cc1ccccc1Cl)C(C)C. The molecule has 0 aromatic heterocycles. The first kappa shape index (κ1) is 12.5. The van der Waals surface area contributed by atoms with Crippen LogP contribution in [0.1, 0.15) is 32.8 Å². The van der Waals surface area contributed by atoms with E-state index in [4.69, 9.17) is 11.6 Å². The Bertz CT molecular complexity index is 322. The number of benzene rings is 1. The Kier molecular flexibility index (Phi) is 4.18. The number of hydrogen-bond acceptors (Lipinski definition) is 1. The van der Waals surface area contributed by atoms with Crippen LogP contribution in [0.2, 0.25) is 5.02 Å². The van der Waals surface area contributed by atoms with E-state index in [1.807, 2.05) is 45.0 Å². The van der Waals surface area contributed by atoms with Crippen LogP contribution in [0.5, 0.6) is 0 Å². The normalized spacial score (nSPS) is 15.3. The molecule has 0 bridgehead atoms. The van der Waals surface area contributed by atoms with Crippen LogP contribution >= 0.6 is 11.6 Å². The Morgan fingerprint density at radius 1 is 1.33 bits per heavy atom. The van der Waals surface area contributed by atoms with Gasteiger partial charge in [0.15, 0.2) is 0 Å². The topological polar surface area (TPSA) is 20.2 Å². The second-order valence-corrected chi connectivity index (χ2v) is 4.79. The predicted molar refractivity (Wildman–Crippen MR) is 65.2 cm³/mol. The summed E-state index contributed by atoms with van der Waals surface area (Å²) in [6, 6.07) is 7.71. The first-order chi connectivity index (χ1) is 6.99. The van der Waals surface area contributed by atoms with Crippen LogP contribution in [0, 0.1) is 5.92 Å². The first-order valence-corrected chi connectivity index (χ1v) is 5.83. The van der Waals surface area contributed by atoms with Crippen molar-refractivity contribution in [1.29, 1.82) is 0 Å². The van der Waals surface area contributed by atoms with E-state index in [9.17, 15) is 5.11 Å². The van der Waals surface area contributed by atoms with E-state index in [2.05, 4.69) is 0 Å². The molecule has 1 N–H and O–H groups in total. The molecule has 15 heavy (non-hydrogen) atoms. The molecular formula is C13H19ClO. The molecule has 0 aliphatic rings. The van der Waals surface area contributed by atoms with Crippen LogP contribution in [0.15, 0.2) is 24.3 Å². The summed E-state index contributed by atoms with van der Waals surface area (Å²) in [5.74, 6) is 0.235. The standard InChI is InChI=1S/C13H19ClO/c1-4-13(15,10(2)3)9-11-7-5-6-8-12(11)14/h5-8,10,15H,4,9H2,1-3H3. The molecule has 1 aromatic carbocycles. The average molecular weight is 227 g/mol. The van der Waals surface area contributed by atoms with Crippen LogP contribution in [0.4, 0.5) is 0 Å². The Morgan fingerprint density at radius 2 is 1.93 bits per heavy atom. The van der Waals surface area contributed by atoms with Gasteiger partial charge in [-0.05, 0) is 24.0 Å². The average Bonchev–Trinajstić information content (AvgIpc) is 2.21. The van der Waals surface area contributed by atoms with Gasteiger partial charge in [0, 0.05) is 11.4 Å². The molecule has 0 amide bonds. The van der Waals surface area contributed by atoms with E-state index in [1.54, 1.807) is 0 Å². The molecule has 0 saturated carbocycles. The maximum Gasteiger partial charge on any atom is 0.0708 e. The molecule has 1 rings (SSSR count). The van der Waals surface area contributed by atoms with Gasteiger partial charge in [0.2, 0.25) is 0 Å². The smallest absolute Gasteiger partial charge is 0.0708 e. The third-order valence-corrected chi connectivity index (χ3v) is 3.51. The molecule has 0 fully saturated rings. The summed E-state index contributed by atoms with van der Waals surface area (Å²) in [6.45, 7) is 6.09. The van der Waals surface area contributed by atoms with Gasteiger partial charge in [-0.3, -0.25) is 0 Å². The minimum absolute atomic E-state index is 0.235. The zero-order chi connectivity index (χ0) is 11.5. The molecule has 84 valence electrons. The molecule has 0 saturated heterocycles. The summed E-state index contributed by atoms with van der Waals surface area (Å²) in [4.78, 5) is 0. The minimum Gasteiger partial charge on any atom is -0.389 e. The molecule has 0 spiro atoms. The highest BCUT2D eigenvalue weighted by atomic mass is 35.5. The Balaban J connectivity index is 2.89. The van der Waals surface area contributed by atoms with Gasteiger partial charge in [-0.1, -0.05) is 50.6 Å². The molecule has 0 radical (unpaired) electrons. The van der Waals surface area contributed by atoms with Gasteiger partial charge in [-0.2, -0.15) is 0 Å². The molecule has 1 nitrogen and oxygen atoms in total. The lowest BCUT2D eigenvalue weighted by atomic mass is 9.82. The van der Waals surface area contributed by atoms with Gasteiger partial charge in [-0.15, -0.1) is 0 Å². The van der Waals surface area contributed by atoms with Gasteiger partial charge in [0.1, 0.15) is 0 Å². The quantitative estimate of drug-likeness (QED) is 0.831. The number of rotatable bonds is 4. The van der Waals surface area contributed by atoms with Crippen molar-refractivity contribution >= 4 is 11.6 Å². The number of hydrogen-bond donors (Lipinski definition) is 1. The van der Waals surface area contributed by atoms with E-state index < -0.39 is 5.60 Å². The summed E-state index contributed by atoms with van der Waals surface area (Å²) < 4.78 is 0. The summed E-state index contributed by atoms with van der Waals surface area (Å²) in [5, 5.41) is 11.2. The van der Waals surface area contributed by atoms with E-state index in [0.717, 1.165) is 17.0 Å². The number of aliphatic hydroxyl groups is 1. The summed E-state index contributed by atoms with van der Waals surface area (Å²) in [6.07, 6.45) is 1.37. The van der Waals surface area contributed by atoms with Crippen LogP contribution in [-0.4, -0.2) is 10.7 Å². The maximum absolute atomic E-state index is 10.4. The molecule has 1 unspecified atom stereocenters. The van der Waals surface area contributed by atoms with Crippen molar-refractivity contribution in [1.82, 2.24) is 0 Å². The lowest BCUT2D eigenvalue weighted by Crippen LogP contribution is -2.36. The molecular weight excluding hydrogens is 208 g/mol. The van der Waals surface area contributed by atoms with Crippen molar-refractivity contribution in [2.45, 2.75) is 39.2 Å². The van der Waals surface area contributed by atoms with Gasteiger partial charge in [0.05, 0.1) is 5.60 Å². The van der Waals surface area contributed by atoms with E-state index in [1.165, 1.54) is 0 Å². The van der Waals surface area contributed by atoms with Crippen LogP contribution < -0.4 is 0 Å². The highest BCUT2D eigenvalue weighted by molar-refractivity contribution is 6.31. The monoisotopic (exact) mass is 226 g/mol. The Hall–Kier alpha value is -0.530.